The molecule has 0 saturated heterocycles. The van der Waals surface area contributed by atoms with Crippen molar-refractivity contribution >= 4 is 39.2 Å². The van der Waals surface area contributed by atoms with E-state index in [1.54, 1.807) is 0 Å². The van der Waals surface area contributed by atoms with Crippen molar-refractivity contribution in [1.29, 1.82) is 0 Å². The second kappa shape index (κ2) is 6.85. The van der Waals surface area contributed by atoms with Crippen LogP contribution in [0.15, 0.2) is 40.9 Å². The number of nitro groups is 1. The molecule has 0 aliphatic carbocycles. The van der Waals surface area contributed by atoms with E-state index in [0.29, 0.717) is 0 Å². The average molecular weight is 389 g/mol. The minimum atomic E-state index is -0.810. The van der Waals surface area contributed by atoms with Crippen LogP contribution in [0.2, 0.25) is 5.02 Å². The van der Waals surface area contributed by atoms with Crippen molar-refractivity contribution < 1.29 is 18.8 Å². The Bertz CT molecular complexity index is 733. The van der Waals surface area contributed by atoms with Crippen molar-refractivity contribution in [3.05, 3.63) is 73.0 Å². The molecule has 0 fully saturated rings. The third-order valence-corrected chi connectivity index (χ3v) is 3.81. The number of hydrogen-bond donors (Lipinski definition) is 0. The van der Waals surface area contributed by atoms with E-state index in [0.717, 1.165) is 6.07 Å². The lowest BCUT2D eigenvalue weighted by Crippen LogP contribution is -2.07. The molecule has 0 spiro atoms. The van der Waals surface area contributed by atoms with E-state index in [-0.39, 0.29) is 32.9 Å². The molecular weight excluding hydrogens is 381 g/mol. The van der Waals surface area contributed by atoms with Crippen LogP contribution >= 0.6 is 27.5 Å². The van der Waals surface area contributed by atoms with Crippen molar-refractivity contribution in [2.45, 2.75) is 6.61 Å². The topological polar surface area (TPSA) is 69.4 Å². The molecule has 5 nitrogen and oxygen atoms in total. The fourth-order valence-corrected chi connectivity index (χ4v) is 2.28. The number of halogens is 3. The van der Waals surface area contributed by atoms with Gasteiger partial charge in [-0.2, -0.15) is 0 Å². The highest BCUT2D eigenvalue weighted by atomic mass is 79.9. The largest absolute Gasteiger partial charge is 0.457 e. The molecule has 0 atom stereocenters. The molecule has 114 valence electrons. The minimum absolute atomic E-state index is 0.0117. The van der Waals surface area contributed by atoms with E-state index in [4.69, 9.17) is 16.3 Å². The first-order chi connectivity index (χ1) is 10.4. The van der Waals surface area contributed by atoms with Gasteiger partial charge in [0.15, 0.2) is 0 Å². The maximum atomic E-state index is 13.6. The Labute approximate surface area is 137 Å². The number of rotatable bonds is 4. The Morgan fingerprint density at radius 2 is 2.09 bits per heavy atom. The van der Waals surface area contributed by atoms with Crippen LogP contribution in [-0.2, 0) is 11.3 Å². The smallest absolute Gasteiger partial charge is 0.338 e. The maximum Gasteiger partial charge on any atom is 0.338 e. The van der Waals surface area contributed by atoms with Crippen LogP contribution in [0.1, 0.15) is 15.9 Å². The van der Waals surface area contributed by atoms with Crippen LogP contribution in [-0.4, -0.2) is 10.9 Å². The van der Waals surface area contributed by atoms with Gasteiger partial charge in [-0.05, 0) is 40.2 Å². The van der Waals surface area contributed by atoms with E-state index in [1.165, 1.54) is 30.3 Å². The van der Waals surface area contributed by atoms with Crippen molar-refractivity contribution in [3.8, 4) is 0 Å². The Kier molecular flexibility index (Phi) is 5.10. The molecule has 2 rings (SSSR count). The summed E-state index contributed by atoms with van der Waals surface area (Å²) in [7, 11) is 0. The summed E-state index contributed by atoms with van der Waals surface area (Å²) in [5.74, 6) is -1.41. The zero-order valence-electron chi connectivity index (χ0n) is 10.9. The van der Waals surface area contributed by atoms with Gasteiger partial charge in [0.1, 0.15) is 12.4 Å². The summed E-state index contributed by atoms with van der Waals surface area (Å²) < 4.78 is 18.7. The second-order valence-corrected chi connectivity index (χ2v) is 5.46. The fraction of sp³-hybridized carbons (Fsp3) is 0.0714. The van der Waals surface area contributed by atoms with Crippen LogP contribution in [0.25, 0.3) is 0 Å². The van der Waals surface area contributed by atoms with Gasteiger partial charge < -0.3 is 4.74 Å². The van der Waals surface area contributed by atoms with Gasteiger partial charge in [-0.1, -0.05) is 17.7 Å². The molecule has 22 heavy (non-hydrogen) atoms. The molecule has 0 N–H and O–H groups in total. The van der Waals surface area contributed by atoms with Crippen LogP contribution in [0, 0.1) is 15.9 Å². The number of esters is 1. The van der Waals surface area contributed by atoms with Gasteiger partial charge in [0.2, 0.25) is 0 Å². The zero-order valence-corrected chi connectivity index (χ0v) is 13.2. The van der Waals surface area contributed by atoms with Crippen molar-refractivity contribution in [2.24, 2.45) is 0 Å². The number of hydrogen-bond acceptors (Lipinski definition) is 4. The number of nitro benzene ring substituents is 1. The summed E-state index contributed by atoms with van der Waals surface area (Å²) in [6.45, 7) is -0.367. The van der Waals surface area contributed by atoms with Crippen molar-refractivity contribution in [1.82, 2.24) is 0 Å². The van der Waals surface area contributed by atoms with Gasteiger partial charge in [-0.25, -0.2) is 9.18 Å². The predicted molar refractivity (Wildman–Crippen MR) is 81.3 cm³/mol. The highest BCUT2D eigenvalue weighted by Gasteiger charge is 2.17. The molecule has 8 heteroatoms. The van der Waals surface area contributed by atoms with E-state index < -0.39 is 16.7 Å². The third kappa shape index (κ3) is 3.61. The molecule has 0 aromatic heterocycles. The maximum absolute atomic E-state index is 13.6. The Hall–Kier alpha value is -1.99. The second-order valence-electron chi connectivity index (χ2n) is 4.20. The number of ether oxygens (including phenoxy) is 1. The van der Waals surface area contributed by atoms with Gasteiger partial charge in [-0.15, -0.1) is 0 Å². The number of carbonyl (C=O) groups is 1. The van der Waals surface area contributed by atoms with E-state index in [9.17, 15) is 19.3 Å². The molecule has 0 unspecified atom stereocenters. The van der Waals surface area contributed by atoms with Gasteiger partial charge in [0, 0.05) is 11.6 Å². The summed E-state index contributed by atoms with van der Waals surface area (Å²) in [5, 5.41) is 11.0. The number of nitrogens with zero attached hydrogens (tertiary/aromatic N) is 1. The summed E-state index contributed by atoms with van der Waals surface area (Å²) >= 11 is 8.83. The molecule has 0 bridgehead atoms. The normalized spacial score (nSPS) is 10.3. The first-order valence-corrected chi connectivity index (χ1v) is 7.11. The summed E-state index contributed by atoms with van der Waals surface area (Å²) in [6, 6.07) is 7.90. The summed E-state index contributed by atoms with van der Waals surface area (Å²) in [5.41, 5.74) is -0.232. The quantitative estimate of drug-likeness (QED) is 0.439. The highest BCUT2D eigenvalue weighted by Crippen LogP contribution is 2.26. The van der Waals surface area contributed by atoms with Crippen LogP contribution < -0.4 is 0 Å². The zero-order chi connectivity index (χ0) is 16.3. The number of carbonyl (C=O) groups excluding carboxylic acids is 1. The molecule has 0 amide bonds. The molecule has 0 aliphatic rings. The first-order valence-electron chi connectivity index (χ1n) is 5.94. The monoisotopic (exact) mass is 387 g/mol. The molecular formula is C14H8BrClFNO4. The molecule has 0 heterocycles. The Balaban J connectivity index is 2.16. The van der Waals surface area contributed by atoms with Crippen molar-refractivity contribution in [2.75, 3.05) is 0 Å². The average Bonchev–Trinajstić information content (AvgIpc) is 2.46. The van der Waals surface area contributed by atoms with Gasteiger partial charge in [-0.3, -0.25) is 10.1 Å². The summed E-state index contributed by atoms with van der Waals surface area (Å²) in [6.07, 6.45) is 0. The van der Waals surface area contributed by atoms with Crippen LogP contribution in [0.3, 0.4) is 0 Å². The van der Waals surface area contributed by atoms with Crippen molar-refractivity contribution in [3.63, 3.8) is 0 Å². The lowest BCUT2D eigenvalue weighted by atomic mass is 10.2. The molecule has 0 radical (unpaired) electrons. The lowest BCUT2D eigenvalue weighted by Gasteiger charge is -2.08. The summed E-state index contributed by atoms with van der Waals surface area (Å²) in [4.78, 5) is 22.1. The fourth-order valence-electron chi connectivity index (χ4n) is 1.67. The minimum Gasteiger partial charge on any atom is -0.457 e. The Morgan fingerprint density at radius 1 is 1.36 bits per heavy atom. The molecule has 2 aromatic rings. The van der Waals surface area contributed by atoms with E-state index in [1.807, 2.05) is 0 Å². The van der Waals surface area contributed by atoms with E-state index >= 15 is 0 Å². The van der Waals surface area contributed by atoms with Gasteiger partial charge in [0.05, 0.1) is 20.0 Å². The van der Waals surface area contributed by atoms with E-state index in [2.05, 4.69) is 15.9 Å². The molecule has 0 saturated carbocycles. The SMILES string of the molecule is O=C(OCc1c(F)cccc1Cl)c1ccc(Br)c([N+](=O)[O-])c1. The number of benzene rings is 2. The lowest BCUT2D eigenvalue weighted by molar-refractivity contribution is -0.385. The molecule has 0 aliphatic heterocycles. The van der Waals surface area contributed by atoms with Gasteiger partial charge in [0.25, 0.3) is 5.69 Å². The predicted octanol–water partition coefficient (Wildman–Crippen LogP) is 4.51. The van der Waals surface area contributed by atoms with Gasteiger partial charge >= 0.3 is 5.97 Å². The van der Waals surface area contributed by atoms with Crippen LogP contribution in [0.4, 0.5) is 10.1 Å². The highest BCUT2D eigenvalue weighted by molar-refractivity contribution is 9.10. The van der Waals surface area contributed by atoms with Crippen LogP contribution in [0.5, 0.6) is 0 Å². The Morgan fingerprint density at radius 3 is 2.73 bits per heavy atom. The molecule has 2 aromatic carbocycles. The first kappa shape index (κ1) is 16.4. The third-order valence-electron chi connectivity index (χ3n) is 2.79. The standard InChI is InChI=1S/C14H8BrClFNO4/c15-10-5-4-8(6-13(10)18(20)21)14(19)22-7-9-11(16)2-1-3-12(9)17/h1-6H,7H2.